The molecule has 0 fully saturated rings. The van der Waals surface area contributed by atoms with Crippen molar-refractivity contribution in [2.24, 2.45) is 11.5 Å². The Morgan fingerprint density at radius 2 is 1.50 bits per heavy atom. The van der Waals surface area contributed by atoms with Crippen LogP contribution in [0.5, 0.6) is 0 Å². The molecule has 0 rings (SSSR count). The van der Waals surface area contributed by atoms with Crippen molar-refractivity contribution in [3.63, 3.8) is 0 Å². The summed E-state index contributed by atoms with van der Waals surface area (Å²) in [7, 11) is 2.75. The summed E-state index contributed by atoms with van der Waals surface area (Å²) in [6, 6.07) is 0. The predicted molar refractivity (Wildman–Crippen MR) is 19.4 cm³/mol. The summed E-state index contributed by atoms with van der Waals surface area (Å²) in [6.45, 7) is 0. The van der Waals surface area contributed by atoms with Gasteiger partial charge in [0.25, 0.3) is 0 Å². The Balaban J connectivity index is -0.0000000275. The van der Waals surface area contributed by atoms with Crippen LogP contribution in [-0.2, 0) is 4.79 Å². The van der Waals surface area contributed by atoms with E-state index >= 15 is 0 Å². The van der Waals surface area contributed by atoms with Crippen LogP contribution in [0.25, 0.3) is 0 Å². The number of carbonyl (C=O) groups excluding carboxylic acids is 1. The third kappa shape index (κ3) is 73.7. The number of nitrogens with two attached hydrogens (primary N) is 2. The van der Waals surface area contributed by atoms with Gasteiger partial charge < -0.3 is 16.3 Å². The van der Waals surface area contributed by atoms with Crippen molar-refractivity contribution in [2.75, 3.05) is 0 Å². The van der Waals surface area contributed by atoms with Gasteiger partial charge in [0.2, 0.25) is 0 Å². The van der Waals surface area contributed by atoms with E-state index in [0.29, 0.717) is 0 Å². The van der Waals surface area contributed by atoms with Crippen molar-refractivity contribution in [2.45, 2.75) is 0 Å². The second-order valence-corrected chi connectivity index (χ2v) is 0.118. The van der Waals surface area contributed by atoms with Gasteiger partial charge in [0.05, 0.1) is 0 Å². The molecule has 0 aromatic rings. The fourth-order valence-corrected chi connectivity index (χ4v) is 0. The van der Waals surface area contributed by atoms with Crippen LogP contribution in [0.1, 0.15) is 0 Å². The van der Waals surface area contributed by atoms with E-state index in [1.54, 1.807) is 0 Å². The van der Waals surface area contributed by atoms with Crippen LogP contribution < -0.4 is 62.9 Å². The van der Waals surface area contributed by atoms with Crippen LogP contribution in [0.3, 0.4) is 0 Å². The maximum atomic E-state index is 8.46. The van der Waals surface area contributed by atoms with Crippen LogP contribution in [-0.4, -0.2) is 6.41 Å². The van der Waals surface area contributed by atoms with Gasteiger partial charge in [-0.05, 0) is 0 Å². The Hall–Kier alpha value is 1.07. The monoisotopic (exact) mass is 113 g/mol. The molecule has 0 aromatic carbocycles. The molecular formula is C2H6KN2O-. The molecule has 0 heterocycles. The minimum absolute atomic E-state index is 0. The van der Waals surface area contributed by atoms with E-state index < -0.39 is 0 Å². The van der Waals surface area contributed by atoms with E-state index in [4.69, 9.17) is 4.79 Å². The van der Waals surface area contributed by atoms with Gasteiger partial charge in [0.1, 0.15) is 0 Å². The quantitative estimate of drug-likeness (QED) is 0.190. The van der Waals surface area contributed by atoms with Crippen molar-refractivity contribution in [1.29, 1.82) is 0 Å². The van der Waals surface area contributed by atoms with Crippen molar-refractivity contribution in [3.8, 4) is 0 Å². The minimum Gasteiger partial charge on any atom is -0.543 e. The topological polar surface area (TPSA) is 69.1 Å². The van der Waals surface area contributed by atoms with Gasteiger partial charge >= 0.3 is 51.4 Å². The molecule has 0 aliphatic heterocycles. The molecule has 0 saturated carbocycles. The molecule has 0 radical (unpaired) electrons. The van der Waals surface area contributed by atoms with Crippen LogP contribution >= 0.6 is 0 Å². The summed E-state index contributed by atoms with van der Waals surface area (Å²) in [5.41, 5.74) is 8.29. The van der Waals surface area contributed by atoms with E-state index in [0.717, 1.165) is 6.41 Å². The van der Waals surface area contributed by atoms with Gasteiger partial charge in [-0.15, -0.1) is 0 Å². The second kappa shape index (κ2) is 36.5. The molecule has 0 atom stereocenters. The number of hydrogen-bond acceptors (Lipinski definition) is 2. The normalized spacial score (nSPS) is 3.00. The minimum atomic E-state index is 0. The first-order valence-corrected chi connectivity index (χ1v) is 0.901. The molecule has 3 nitrogen and oxygen atoms in total. The SMILES string of the molecule is N[C-]=O.[CH2-]N.[K+]. The molecule has 0 aliphatic rings. The third-order valence-corrected chi connectivity index (χ3v) is 0. The first kappa shape index (κ1) is 15.7. The molecule has 1 amide bonds. The number of amides is 1. The molecule has 0 bridgehead atoms. The summed E-state index contributed by atoms with van der Waals surface area (Å²) in [5.74, 6) is 0. The Labute approximate surface area is 79.9 Å². The zero-order valence-electron chi connectivity index (χ0n) is 3.77. The average Bonchev–Trinajstić information content (AvgIpc) is 1.46. The Morgan fingerprint density at radius 1 is 1.50 bits per heavy atom. The van der Waals surface area contributed by atoms with Gasteiger partial charge in [-0.1, -0.05) is 0 Å². The molecule has 6 heavy (non-hydrogen) atoms. The van der Waals surface area contributed by atoms with E-state index in [1.807, 2.05) is 0 Å². The van der Waals surface area contributed by atoms with Crippen LogP contribution in [0.15, 0.2) is 0 Å². The van der Waals surface area contributed by atoms with E-state index in [-0.39, 0.29) is 51.4 Å². The molecule has 0 spiro atoms. The molecule has 0 unspecified atom stereocenters. The van der Waals surface area contributed by atoms with Crippen molar-refractivity contribution >= 4 is 6.41 Å². The zero-order valence-corrected chi connectivity index (χ0v) is 6.89. The van der Waals surface area contributed by atoms with E-state index in [2.05, 4.69) is 18.5 Å². The Kier molecular flexibility index (Phi) is 95.6. The first-order chi connectivity index (χ1) is 2.41. The fraction of sp³-hybridized carbons (Fsp3) is 0. The van der Waals surface area contributed by atoms with Gasteiger partial charge in [-0.2, -0.15) is 6.41 Å². The summed E-state index contributed by atoms with van der Waals surface area (Å²) in [4.78, 5) is 8.46. The Morgan fingerprint density at radius 3 is 1.50 bits per heavy atom. The van der Waals surface area contributed by atoms with Crippen LogP contribution in [0, 0.1) is 7.05 Å². The predicted octanol–water partition coefficient (Wildman–Crippen LogP) is -4.25. The van der Waals surface area contributed by atoms with Crippen LogP contribution in [0.4, 0.5) is 0 Å². The molecule has 4 N–H and O–H groups in total. The maximum Gasteiger partial charge on any atom is 1.00 e. The number of rotatable bonds is 0. The van der Waals surface area contributed by atoms with Gasteiger partial charge in [0, 0.05) is 0 Å². The standard InChI is InChI=1S/CH2NO.CH4N.K/c2-1-3;1-2;/h(H2,2,3);1-2H2;/q2*-1;+1. The van der Waals surface area contributed by atoms with Gasteiger partial charge in [-0.3, -0.25) is 7.05 Å². The van der Waals surface area contributed by atoms with Crippen molar-refractivity contribution < 1.29 is 56.2 Å². The molecule has 4 heteroatoms. The Bertz CT molecular complexity index is 19.0. The van der Waals surface area contributed by atoms with E-state index in [1.165, 1.54) is 0 Å². The molecule has 0 aliphatic carbocycles. The van der Waals surface area contributed by atoms with Gasteiger partial charge in [0.15, 0.2) is 0 Å². The summed E-state index contributed by atoms with van der Waals surface area (Å²) in [6.07, 6.45) is 1.00. The zero-order chi connectivity index (χ0) is 4.71. The summed E-state index contributed by atoms with van der Waals surface area (Å²) >= 11 is 0. The summed E-state index contributed by atoms with van der Waals surface area (Å²) < 4.78 is 0. The maximum absolute atomic E-state index is 8.46. The van der Waals surface area contributed by atoms with Crippen molar-refractivity contribution in [3.05, 3.63) is 7.05 Å². The average molecular weight is 113 g/mol. The third-order valence-electron chi connectivity index (χ3n) is 0. The molecule has 32 valence electrons. The molecule has 0 aromatic heterocycles. The number of hydrogen-bond donors (Lipinski definition) is 2. The van der Waals surface area contributed by atoms with Gasteiger partial charge in [-0.25, -0.2) is 0 Å². The summed E-state index contributed by atoms with van der Waals surface area (Å²) in [5, 5.41) is 0. The fourth-order valence-electron chi connectivity index (χ4n) is 0. The second-order valence-electron chi connectivity index (χ2n) is 0.118. The number of primary amides is 1. The molecule has 0 saturated heterocycles. The first-order valence-electron chi connectivity index (χ1n) is 0.901. The van der Waals surface area contributed by atoms with Crippen LogP contribution in [0.2, 0.25) is 0 Å². The van der Waals surface area contributed by atoms with Crippen molar-refractivity contribution in [1.82, 2.24) is 0 Å². The van der Waals surface area contributed by atoms with E-state index in [9.17, 15) is 0 Å². The smallest absolute Gasteiger partial charge is 0.543 e. The largest absolute Gasteiger partial charge is 1.00 e. The molecular weight excluding hydrogens is 107 g/mol.